The van der Waals surface area contributed by atoms with Gasteiger partial charge >= 0.3 is 5.69 Å². The van der Waals surface area contributed by atoms with Crippen LogP contribution in [0.5, 0.6) is 5.75 Å². The summed E-state index contributed by atoms with van der Waals surface area (Å²) in [7, 11) is 3.13. The van der Waals surface area contributed by atoms with Gasteiger partial charge in [-0.05, 0) is 6.07 Å². The first-order chi connectivity index (χ1) is 9.10. The molecule has 8 nitrogen and oxygen atoms in total. The Morgan fingerprint density at radius 1 is 1.47 bits per heavy atom. The van der Waals surface area contributed by atoms with Gasteiger partial charge in [-0.1, -0.05) is 6.07 Å². The number of para-hydroxylation sites is 1. The molecule has 1 heterocycles. The molecule has 2 aromatic rings. The van der Waals surface area contributed by atoms with Crippen molar-refractivity contribution in [3.8, 4) is 17.1 Å². The summed E-state index contributed by atoms with van der Waals surface area (Å²) in [6, 6.07) is 4.64. The lowest BCUT2D eigenvalue weighted by Crippen LogP contribution is -2.06. The van der Waals surface area contributed by atoms with E-state index in [0.29, 0.717) is 17.2 Å². The normalized spacial score (nSPS) is 10.5. The van der Waals surface area contributed by atoms with Gasteiger partial charge in [0.05, 0.1) is 24.1 Å². The van der Waals surface area contributed by atoms with Crippen molar-refractivity contribution in [2.24, 2.45) is 12.8 Å². The maximum Gasteiger partial charge on any atom is 0.311 e. The number of hydrogen-bond donors (Lipinski definition) is 1. The molecule has 1 aromatic heterocycles. The molecule has 0 atom stereocenters. The van der Waals surface area contributed by atoms with Crippen LogP contribution in [0.15, 0.2) is 18.2 Å². The summed E-state index contributed by atoms with van der Waals surface area (Å²) in [5.74, 6) is 1.22. The van der Waals surface area contributed by atoms with Gasteiger partial charge in [0, 0.05) is 13.1 Å². The van der Waals surface area contributed by atoms with Crippen LogP contribution in [-0.2, 0) is 13.6 Å². The van der Waals surface area contributed by atoms with Crippen LogP contribution in [0, 0.1) is 10.1 Å². The van der Waals surface area contributed by atoms with Gasteiger partial charge in [-0.15, -0.1) is 10.2 Å². The monoisotopic (exact) mass is 263 g/mol. The van der Waals surface area contributed by atoms with E-state index in [1.165, 1.54) is 13.2 Å². The Labute approximate surface area is 109 Å². The Morgan fingerprint density at radius 2 is 2.21 bits per heavy atom. The van der Waals surface area contributed by atoms with Crippen molar-refractivity contribution >= 4 is 5.69 Å². The number of rotatable bonds is 4. The van der Waals surface area contributed by atoms with E-state index < -0.39 is 4.92 Å². The lowest BCUT2D eigenvalue weighted by atomic mass is 10.1. The summed E-state index contributed by atoms with van der Waals surface area (Å²) in [4.78, 5) is 10.5. The number of nitro benzene ring substituents is 1. The Balaban J connectivity index is 2.65. The van der Waals surface area contributed by atoms with Crippen molar-refractivity contribution in [1.29, 1.82) is 0 Å². The predicted molar refractivity (Wildman–Crippen MR) is 67.5 cm³/mol. The minimum Gasteiger partial charge on any atom is -0.490 e. The van der Waals surface area contributed by atoms with Gasteiger partial charge in [-0.2, -0.15) is 0 Å². The van der Waals surface area contributed by atoms with Crippen LogP contribution < -0.4 is 10.5 Å². The van der Waals surface area contributed by atoms with E-state index in [1.807, 2.05) is 0 Å². The molecule has 0 radical (unpaired) electrons. The fourth-order valence-corrected chi connectivity index (χ4v) is 1.83. The van der Waals surface area contributed by atoms with Gasteiger partial charge < -0.3 is 15.0 Å². The highest BCUT2D eigenvalue weighted by Crippen LogP contribution is 2.36. The summed E-state index contributed by atoms with van der Waals surface area (Å²) >= 11 is 0. The number of ether oxygens (including phenoxy) is 1. The molecule has 0 bridgehead atoms. The van der Waals surface area contributed by atoms with Crippen LogP contribution in [-0.4, -0.2) is 26.8 Å². The number of hydrogen-bond acceptors (Lipinski definition) is 6. The minimum atomic E-state index is -0.497. The highest BCUT2D eigenvalue weighted by molar-refractivity contribution is 5.71. The number of nitrogens with zero attached hydrogens (tertiary/aromatic N) is 4. The SMILES string of the molecule is COc1c(-c2nnc(CN)n2C)cccc1[N+](=O)[O-]. The molecule has 2 N–H and O–H groups in total. The Kier molecular flexibility index (Phi) is 3.43. The second kappa shape index (κ2) is 5.02. The summed E-state index contributed by atoms with van der Waals surface area (Å²) in [6.45, 7) is 0.237. The molecule has 100 valence electrons. The second-order valence-electron chi connectivity index (χ2n) is 3.82. The predicted octanol–water partition coefficient (Wildman–Crippen LogP) is 0.858. The maximum atomic E-state index is 11.0. The third kappa shape index (κ3) is 2.13. The summed E-state index contributed by atoms with van der Waals surface area (Å²) < 4.78 is 6.82. The van der Waals surface area contributed by atoms with Crippen molar-refractivity contribution in [3.63, 3.8) is 0 Å². The maximum absolute atomic E-state index is 11.0. The van der Waals surface area contributed by atoms with E-state index in [4.69, 9.17) is 10.5 Å². The fraction of sp³-hybridized carbons (Fsp3) is 0.273. The van der Waals surface area contributed by atoms with E-state index in [1.54, 1.807) is 23.7 Å². The average Bonchev–Trinajstić information content (AvgIpc) is 2.78. The molecule has 1 aromatic carbocycles. The molecular formula is C11H13N5O3. The van der Waals surface area contributed by atoms with Gasteiger partial charge in [0.25, 0.3) is 0 Å². The highest BCUT2D eigenvalue weighted by atomic mass is 16.6. The van der Waals surface area contributed by atoms with Crippen LogP contribution in [0.3, 0.4) is 0 Å². The van der Waals surface area contributed by atoms with Crippen LogP contribution in [0.2, 0.25) is 0 Å². The summed E-state index contributed by atoms with van der Waals surface area (Å²) in [5.41, 5.74) is 5.92. The average molecular weight is 263 g/mol. The van der Waals surface area contributed by atoms with E-state index in [-0.39, 0.29) is 18.0 Å². The lowest BCUT2D eigenvalue weighted by Gasteiger charge is -2.08. The topological polar surface area (TPSA) is 109 Å². The van der Waals surface area contributed by atoms with E-state index in [0.717, 1.165) is 0 Å². The molecule has 0 spiro atoms. The molecule has 0 saturated carbocycles. The van der Waals surface area contributed by atoms with Gasteiger partial charge in [0.2, 0.25) is 5.75 Å². The van der Waals surface area contributed by atoms with Crippen molar-refractivity contribution in [2.45, 2.75) is 6.54 Å². The van der Waals surface area contributed by atoms with Crippen molar-refractivity contribution < 1.29 is 9.66 Å². The molecule has 0 aliphatic heterocycles. The summed E-state index contributed by atoms with van der Waals surface area (Å²) in [6.07, 6.45) is 0. The first-order valence-electron chi connectivity index (χ1n) is 5.50. The van der Waals surface area contributed by atoms with Crippen molar-refractivity contribution in [1.82, 2.24) is 14.8 Å². The Morgan fingerprint density at radius 3 is 2.74 bits per heavy atom. The minimum absolute atomic E-state index is 0.114. The standard InChI is InChI=1S/C11H13N5O3/c1-15-9(6-12)13-14-11(15)7-4-3-5-8(16(17)18)10(7)19-2/h3-5H,6,12H2,1-2H3. The Bertz CT molecular complexity index is 623. The number of nitrogens with two attached hydrogens (primary N) is 1. The van der Waals surface area contributed by atoms with Crippen LogP contribution in [0.1, 0.15) is 5.82 Å². The first-order valence-corrected chi connectivity index (χ1v) is 5.50. The smallest absolute Gasteiger partial charge is 0.311 e. The van der Waals surface area contributed by atoms with Gasteiger partial charge in [0.15, 0.2) is 5.82 Å². The van der Waals surface area contributed by atoms with E-state index >= 15 is 0 Å². The van der Waals surface area contributed by atoms with Gasteiger partial charge in [0.1, 0.15) is 5.82 Å². The number of nitro groups is 1. The molecule has 0 unspecified atom stereocenters. The van der Waals surface area contributed by atoms with Crippen LogP contribution in [0.25, 0.3) is 11.4 Å². The molecule has 0 aliphatic carbocycles. The van der Waals surface area contributed by atoms with E-state index in [9.17, 15) is 10.1 Å². The zero-order valence-corrected chi connectivity index (χ0v) is 10.5. The van der Waals surface area contributed by atoms with Crippen molar-refractivity contribution in [2.75, 3.05) is 7.11 Å². The molecular weight excluding hydrogens is 250 g/mol. The quantitative estimate of drug-likeness (QED) is 0.647. The molecule has 0 fully saturated rings. The zero-order chi connectivity index (χ0) is 14.0. The van der Waals surface area contributed by atoms with Crippen molar-refractivity contribution in [3.05, 3.63) is 34.1 Å². The van der Waals surface area contributed by atoms with Crippen LogP contribution in [0.4, 0.5) is 5.69 Å². The molecule has 2 rings (SSSR count). The molecule has 8 heteroatoms. The molecule has 19 heavy (non-hydrogen) atoms. The molecule has 0 amide bonds. The largest absolute Gasteiger partial charge is 0.490 e. The van der Waals surface area contributed by atoms with Gasteiger partial charge in [-0.3, -0.25) is 10.1 Å². The molecule has 0 aliphatic rings. The highest BCUT2D eigenvalue weighted by Gasteiger charge is 2.22. The van der Waals surface area contributed by atoms with E-state index in [2.05, 4.69) is 10.2 Å². The number of methoxy groups -OCH3 is 1. The lowest BCUT2D eigenvalue weighted by molar-refractivity contribution is -0.385. The number of aromatic nitrogens is 3. The third-order valence-corrected chi connectivity index (χ3v) is 2.78. The zero-order valence-electron chi connectivity index (χ0n) is 10.5. The molecule has 0 saturated heterocycles. The summed E-state index contributed by atoms with van der Waals surface area (Å²) in [5, 5.41) is 18.9. The Hall–Kier alpha value is -2.48. The third-order valence-electron chi connectivity index (χ3n) is 2.78. The number of benzene rings is 1. The first kappa shape index (κ1) is 13.0. The second-order valence-corrected chi connectivity index (χ2v) is 3.82. The fourth-order valence-electron chi connectivity index (χ4n) is 1.83. The van der Waals surface area contributed by atoms with Gasteiger partial charge in [-0.25, -0.2) is 0 Å². The van der Waals surface area contributed by atoms with Crippen LogP contribution >= 0.6 is 0 Å².